The summed E-state index contributed by atoms with van der Waals surface area (Å²) in [6.45, 7) is 16.2. The van der Waals surface area contributed by atoms with Gasteiger partial charge in [-0.25, -0.2) is 44.3 Å². The van der Waals surface area contributed by atoms with Gasteiger partial charge in [-0.1, -0.05) is 89.9 Å². The summed E-state index contributed by atoms with van der Waals surface area (Å²) in [4.78, 5) is 109. The van der Waals surface area contributed by atoms with Crippen LogP contribution in [-0.4, -0.2) is 141 Å². The Bertz CT molecular complexity index is 5470. The molecule has 632 valence electrons. The summed E-state index contributed by atoms with van der Waals surface area (Å²) in [7, 11) is 1.00. The van der Waals surface area contributed by atoms with Gasteiger partial charge in [0.1, 0.15) is 16.8 Å². The lowest BCUT2D eigenvalue weighted by atomic mass is 9.91. The Hall–Kier alpha value is -12.5. The van der Waals surface area contributed by atoms with Crippen molar-refractivity contribution in [2.24, 2.45) is 0 Å². The van der Waals surface area contributed by atoms with E-state index in [0.29, 0.717) is 67.3 Å². The molecule has 121 heavy (non-hydrogen) atoms. The number of nitrogens with zero attached hydrogens (tertiary/aromatic N) is 6. The van der Waals surface area contributed by atoms with Crippen LogP contribution in [0, 0.1) is 0 Å². The monoisotopic (exact) mass is 1680 g/mol. The first kappa shape index (κ1) is 87.8. The van der Waals surface area contributed by atoms with Crippen LogP contribution in [0.2, 0.25) is 10.0 Å². The summed E-state index contributed by atoms with van der Waals surface area (Å²) in [6, 6.07) is 47.2. The Morgan fingerprint density at radius 2 is 0.777 bits per heavy atom. The highest BCUT2D eigenvalue weighted by Crippen LogP contribution is 2.38. The topological polar surface area (TPSA) is 368 Å². The number of amides is 6. The van der Waals surface area contributed by atoms with E-state index >= 15 is 0 Å². The molecular formula is C92H105Cl2N17O10. The molecule has 4 aliphatic carbocycles. The van der Waals surface area contributed by atoms with Crippen molar-refractivity contribution in [2.45, 2.75) is 199 Å². The molecule has 3 saturated carbocycles. The first-order valence-electron chi connectivity index (χ1n) is 40.8. The zero-order valence-electron chi connectivity index (χ0n) is 69.6. The number of benzene rings is 6. The fourth-order valence-electron chi connectivity index (χ4n) is 15.0. The molecule has 0 unspecified atom stereocenters. The number of carbonyl (C=O) groups is 6. The predicted octanol–water partition coefficient (Wildman–Crippen LogP) is 19.1. The van der Waals surface area contributed by atoms with E-state index in [0.717, 1.165) is 146 Å². The van der Waals surface area contributed by atoms with Crippen molar-refractivity contribution < 1.29 is 48.1 Å². The number of carbonyl (C=O) groups excluding carboxylic acids is 6. The van der Waals surface area contributed by atoms with Crippen LogP contribution in [0.4, 0.5) is 49.3 Å². The van der Waals surface area contributed by atoms with Gasteiger partial charge in [0.15, 0.2) is 0 Å². The van der Waals surface area contributed by atoms with Crippen molar-refractivity contribution in [2.75, 3.05) is 39.0 Å². The van der Waals surface area contributed by atoms with Crippen molar-refractivity contribution >= 4 is 121 Å². The van der Waals surface area contributed by atoms with Gasteiger partial charge in [-0.3, -0.25) is 30.3 Å². The average Bonchev–Trinajstić information content (AvgIpc) is 1.68. The molecule has 0 saturated heterocycles. The van der Waals surface area contributed by atoms with Gasteiger partial charge in [-0.05, 0) is 248 Å². The average molecular weight is 1680 g/mol. The number of nitrogens with one attached hydrogen (secondary N) is 11. The molecule has 5 aromatic heterocycles. The number of halogens is 2. The van der Waals surface area contributed by atoms with E-state index in [1.807, 2.05) is 73.1 Å². The third-order valence-electron chi connectivity index (χ3n) is 20.3. The molecular weight excluding hydrogens is 1570 g/mol. The van der Waals surface area contributed by atoms with Crippen LogP contribution in [0.15, 0.2) is 189 Å². The number of para-hydroxylation sites is 2. The first-order chi connectivity index (χ1) is 58.0. The van der Waals surface area contributed by atoms with E-state index < -0.39 is 35.1 Å². The molecule has 3 fully saturated rings. The molecule has 4 aliphatic rings. The van der Waals surface area contributed by atoms with Crippen molar-refractivity contribution in [3.05, 3.63) is 232 Å². The highest BCUT2D eigenvalue weighted by Gasteiger charge is 2.30. The molecule has 5 heterocycles. The maximum absolute atomic E-state index is 12.9. The number of aromatic nitrogens is 8. The van der Waals surface area contributed by atoms with Crippen molar-refractivity contribution in [1.29, 1.82) is 0 Å². The second-order valence-corrected chi connectivity index (χ2v) is 34.0. The summed E-state index contributed by atoms with van der Waals surface area (Å²) in [6.07, 6.45) is 21.2. The van der Waals surface area contributed by atoms with E-state index in [-0.39, 0.29) is 54.0 Å². The van der Waals surface area contributed by atoms with E-state index in [9.17, 15) is 28.8 Å². The molecule has 0 radical (unpaired) electrons. The number of H-pyrrole nitrogens is 2. The summed E-state index contributed by atoms with van der Waals surface area (Å²) in [5.74, 6) is 1.19. The molecule has 6 amide bonds. The van der Waals surface area contributed by atoms with Crippen LogP contribution < -0.4 is 47.9 Å². The third-order valence-corrected chi connectivity index (χ3v) is 20.9. The molecule has 6 aromatic carbocycles. The quantitative estimate of drug-likeness (QED) is 0.0355. The van der Waals surface area contributed by atoms with E-state index in [2.05, 4.69) is 97.0 Å². The van der Waals surface area contributed by atoms with E-state index in [4.69, 9.17) is 57.5 Å². The van der Waals surface area contributed by atoms with Crippen LogP contribution >= 0.6 is 23.2 Å². The van der Waals surface area contributed by atoms with Gasteiger partial charge in [0.25, 0.3) is 17.7 Å². The fourth-order valence-corrected chi connectivity index (χ4v) is 15.4. The highest BCUT2D eigenvalue weighted by atomic mass is 35.5. The van der Waals surface area contributed by atoms with Crippen LogP contribution in [-0.2, 0) is 20.6 Å². The van der Waals surface area contributed by atoms with Crippen molar-refractivity contribution in [3.63, 3.8) is 0 Å². The molecule has 12 N–H and O–H groups in total. The Labute approximate surface area is 714 Å². The lowest BCUT2D eigenvalue weighted by molar-refractivity contribution is 0.0624. The molecule has 0 spiro atoms. The molecule has 15 rings (SSSR count). The number of rotatable bonds is 18. The van der Waals surface area contributed by atoms with E-state index in [1.165, 1.54) is 5.56 Å². The Balaban J connectivity index is 0.000000164. The molecule has 0 aliphatic heterocycles. The number of aromatic amines is 2. The van der Waals surface area contributed by atoms with Gasteiger partial charge in [0, 0.05) is 134 Å². The Morgan fingerprint density at radius 3 is 1.21 bits per heavy atom. The number of anilines is 6. The molecule has 6 atom stereocenters. The van der Waals surface area contributed by atoms with Crippen molar-refractivity contribution in [3.8, 4) is 22.5 Å². The third kappa shape index (κ3) is 25.1. The summed E-state index contributed by atoms with van der Waals surface area (Å²) < 4.78 is 15.8. The smallest absolute Gasteiger partial charge is 0.412 e. The van der Waals surface area contributed by atoms with Crippen LogP contribution in [0.5, 0.6) is 0 Å². The minimum atomic E-state index is -0.587. The maximum Gasteiger partial charge on any atom is 0.412 e. The van der Waals surface area contributed by atoms with Crippen LogP contribution in [0.1, 0.15) is 187 Å². The van der Waals surface area contributed by atoms with E-state index in [1.54, 1.807) is 154 Å². The predicted molar refractivity (Wildman–Crippen MR) is 476 cm³/mol. The van der Waals surface area contributed by atoms with Crippen molar-refractivity contribution in [1.82, 2.24) is 55.8 Å². The lowest BCUT2D eigenvalue weighted by Gasteiger charge is -2.30. The Morgan fingerprint density at radius 1 is 0.413 bits per heavy atom. The normalized spacial score (nSPS) is 17.4. The summed E-state index contributed by atoms with van der Waals surface area (Å²) >= 11 is 13.0. The number of aliphatic hydroxyl groups excluding tert-OH is 1. The number of hydrogen-bond acceptors (Lipinski definition) is 19. The lowest BCUT2D eigenvalue weighted by Crippen LogP contribution is -2.42. The number of hydrogen-bond donors (Lipinski definition) is 12. The largest absolute Gasteiger partial charge is 0.444 e. The Kier molecular flexibility index (Phi) is 29.1. The van der Waals surface area contributed by atoms with Gasteiger partial charge in [0.05, 0.1) is 39.5 Å². The maximum atomic E-state index is 12.9. The fraction of sp³-hybridized carbons (Fsp3) is 0.348. The standard InChI is InChI=1S/C31H34ClN5O3.C30H33ClN6O3.C30H34N6O3.CH4O/c1-31(2,3)40-30(39)36-21-14-11-20(12-15-21)28(38)34-22-8-6-9-23(17-22)35-29-33-18-26(32)27(37-29)25-16-13-19-7-4-5-10-24(19)25;1-30(2,3)40-29(39)36-19-13-11-18(12-14-19)27(38)34-20-7-6-8-21(15-20)35-28-33-17-24(31)26(37-28)23-16-32-25-10-5-4-9-22(23)25;1-30(2,3)39-29(38)35-20-13-11-19(12-14-20)27(37)33-21-7-6-8-22(17-21)34-28-31-16-15-26(36-28)24-18-32-25-10-5-4-9-23(24)25;1-2/h4-5,7,10-12,14-16,18,22-23H,6,8-9,13,17H2,1-3H3,(H,34,38)(H,36,39)(H,33,35,37);4-5,9-14,16-17,20-21,32H,6-8,15H2,1-3H3,(H,34,38)(H,36,39)(H,33,35,37);4-5,9-16,18,21-22,32H,6-8,17H2,1-3H3,(H,33,37)(H,35,38)(H,31,34,36);2H,1H3/t22-,23+;20-,21+;21-,22+;/m000./s1. The van der Waals surface area contributed by atoms with Gasteiger partial charge < -0.3 is 61.2 Å². The molecule has 0 bridgehead atoms. The highest BCUT2D eigenvalue weighted by molar-refractivity contribution is 6.33. The zero-order chi connectivity index (χ0) is 86.0. The number of allylic oxidation sites excluding steroid dienone is 1. The van der Waals surface area contributed by atoms with Gasteiger partial charge in [-0.15, -0.1) is 0 Å². The number of fused-ring (bicyclic) bond motifs is 3. The van der Waals surface area contributed by atoms with Gasteiger partial charge in [-0.2, -0.15) is 0 Å². The summed E-state index contributed by atoms with van der Waals surface area (Å²) in [5.41, 5.74) is 11.3. The number of aliphatic hydroxyl groups is 1. The van der Waals surface area contributed by atoms with Gasteiger partial charge >= 0.3 is 18.3 Å². The second-order valence-electron chi connectivity index (χ2n) is 33.2. The molecule has 29 heteroatoms. The number of ether oxygens (including phenoxy) is 3. The second kappa shape index (κ2) is 40.1. The zero-order valence-corrected chi connectivity index (χ0v) is 71.1. The molecule has 11 aromatic rings. The van der Waals surface area contributed by atoms with Crippen LogP contribution in [0.3, 0.4) is 0 Å². The summed E-state index contributed by atoms with van der Waals surface area (Å²) in [5, 5.41) is 38.1. The van der Waals surface area contributed by atoms with Crippen LogP contribution in [0.25, 0.3) is 49.9 Å². The SMILES string of the molecule is CC(C)(C)OC(=O)Nc1ccc(C(=O)N[C@H]2CCC[C@@H](Nc3ncc(Cl)c(-c4c[nH]c5ccccc45)n3)C2)cc1.CC(C)(C)OC(=O)Nc1ccc(C(=O)N[C@H]2CCC[C@@H](Nc3ncc(Cl)c(C4=CCc5ccccc54)n3)C2)cc1.CC(C)(C)OC(=O)Nc1ccc(C(=O)N[C@H]2CCC[C@@H](Nc3nccc(-c4c[nH]c5ccccc45)n3)C2)cc1.CO. The molecule has 27 nitrogen and oxygen atoms in total. The van der Waals surface area contributed by atoms with Gasteiger partial charge in [0.2, 0.25) is 17.8 Å². The minimum Gasteiger partial charge on any atom is -0.444 e. The minimum absolute atomic E-state index is 0.0127. The first-order valence-corrected chi connectivity index (χ1v) is 41.5.